The Kier molecular flexibility index (Phi) is 7.56. The summed E-state index contributed by atoms with van der Waals surface area (Å²) in [5.74, 6) is -0.226. The average Bonchev–Trinajstić information content (AvgIpc) is 2.40. The first-order valence-electron chi connectivity index (χ1n) is 6.95. The minimum atomic E-state index is -0.226. The van der Waals surface area contributed by atoms with E-state index in [9.17, 15) is 4.79 Å². The number of nitrogens with one attached hydrogen (secondary N) is 1. The van der Waals surface area contributed by atoms with Crippen molar-refractivity contribution in [2.24, 2.45) is 0 Å². The standard InChI is InChI=1S/C15H20BrNO2.ClH/c1-12(11-17-9-3-2-4-10-17)19-15(18)13-5-7-14(16)8-6-13;/h5-8,12H,2-4,9-11H2,1H3;1H. The van der Waals surface area contributed by atoms with Crippen LogP contribution in [0.25, 0.3) is 0 Å². The molecule has 3 nitrogen and oxygen atoms in total. The Hall–Kier alpha value is -0.580. The molecule has 1 heterocycles. The Morgan fingerprint density at radius 3 is 2.45 bits per heavy atom. The van der Waals surface area contributed by atoms with Crippen molar-refractivity contribution in [3.63, 3.8) is 0 Å². The number of likely N-dealkylation sites (tertiary alicyclic amines) is 1. The van der Waals surface area contributed by atoms with Gasteiger partial charge in [0.2, 0.25) is 0 Å². The van der Waals surface area contributed by atoms with E-state index in [0.29, 0.717) is 5.56 Å². The number of quaternary nitrogens is 1. The lowest BCUT2D eigenvalue weighted by Crippen LogP contribution is -3.13. The molecule has 112 valence electrons. The zero-order chi connectivity index (χ0) is 13.7. The molecule has 1 fully saturated rings. The van der Waals surface area contributed by atoms with Gasteiger partial charge in [-0.25, -0.2) is 4.79 Å². The molecule has 0 saturated carbocycles. The minimum Gasteiger partial charge on any atom is -1.00 e. The smallest absolute Gasteiger partial charge is 0.338 e. The van der Waals surface area contributed by atoms with Gasteiger partial charge in [0.25, 0.3) is 0 Å². The topological polar surface area (TPSA) is 30.7 Å². The fourth-order valence-electron chi connectivity index (χ4n) is 2.54. The Morgan fingerprint density at radius 2 is 1.85 bits per heavy atom. The number of carbonyl (C=O) groups is 1. The predicted molar refractivity (Wildman–Crippen MR) is 78.4 cm³/mol. The highest BCUT2D eigenvalue weighted by Gasteiger charge is 2.19. The van der Waals surface area contributed by atoms with Crippen molar-refractivity contribution in [1.29, 1.82) is 0 Å². The van der Waals surface area contributed by atoms with Gasteiger partial charge in [-0.2, -0.15) is 0 Å². The summed E-state index contributed by atoms with van der Waals surface area (Å²) in [4.78, 5) is 13.5. The second kappa shape index (κ2) is 8.65. The summed E-state index contributed by atoms with van der Waals surface area (Å²) in [6.07, 6.45) is 3.91. The van der Waals surface area contributed by atoms with Gasteiger partial charge in [0.05, 0.1) is 18.7 Å². The summed E-state index contributed by atoms with van der Waals surface area (Å²) >= 11 is 3.36. The molecule has 1 aromatic carbocycles. The van der Waals surface area contributed by atoms with Crippen LogP contribution < -0.4 is 17.3 Å². The van der Waals surface area contributed by atoms with Crippen molar-refractivity contribution in [1.82, 2.24) is 0 Å². The average molecular weight is 363 g/mol. The van der Waals surface area contributed by atoms with Crippen molar-refractivity contribution >= 4 is 21.9 Å². The number of ether oxygens (including phenoxy) is 1. The minimum absolute atomic E-state index is 0. The molecule has 0 bridgehead atoms. The third-order valence-electron chi connectivity index (χ3n) is 3.52. The van der Waals surface area contributed by atoms with Crippen LogP contribution in [0.2, 0.25) is 0 Å². The van der Waals surface area contributed by atoms with Crippen molar-refractivity contribution in [3.8, 4) is 0 Å². The Balaban J connectivity index is 0.00000200. The van der Waals surface area contributed by atoms with Gasteiger partial charge in [0, 0.05) is 4.47 Å². The van der Waals surface area contributed by atoms with Crippen LogP contribution in [0.5, 0.6) is 0 Å². The summed E-state index contributed by atoms with van der Waals surface area (Å²) in [6.45, 7) is 5.32. The second-order valence-electron chi connectivity index (χ2n) is 5.24. The number of piperidine rings is 1. The molecule has 1 N–H and O–H groups in total. The van der Waals surface area contributed by atoms with Crippen LogP contribution >= 0.6 is 15.9 Å². The summed E-state index contributed by atoms with van der Waals surface area (Å²) in [5, 5.41) is 0. The zero-order valence-corrected chi connectivity index (χ0v) is 14.0. The molecule has 0 aliphatic carbocycles. The number of benzene rings is 1. The molecule has 0 amide bonds. The van der Waals surface area contributed by atoms with Crippen molar-refractivity contribution in [2.75, 3.05) is 19.6 Å². The Morgan fingerprint density at radius 1 is 1.25 bits per heavy atom. The van der Waals surface area contributed by atoms with Crippen molar-refractivity contribution in [3.05, 3.63) is 34.3 Å². The third-order valence-corrected chi connectivity index (χ3v) is 4.05. The van der Waals surface area contributed by atoms with Crippen molar-refractivity contribution < 1.29 is 26.8 Å². The molecule has 1 aliphatic rings. The molecule has 1 aromatic rings. The lowest BCUT2D eigenvalue weighted by Gasteiger charge is -2.26. The van der Waals surface area contributed by atoms with E-state index in [2.05, 4.69) is 15.9 Å². The molecule has 1 saturated heterocycles. The maximum absolute atomic E-state index is 12.0. The monoisotopic (exact) mass is 361 g/mol. The maximum Gasteiger partial charge on any atom is 0.338 e. The van der Waals surface area contributed by atoms with Gasteiger partial charge in [0.15, 0.2) is 0 Å². The zero-order valence-electron chi connectivity index (χ0n) is 11.7. The number of hydrogen-bond acceptors (Lipinski definition) is 2. The first-order valence-corrected chi connectivity index (χ1v) is 7.74. The molecule has 2 rings (SSSR count). The lowest BCUT2D eigenvalue weighted by atomic mass is 10.1. The first kappa shape index (κ1) is 17.5. The van der Waals surface area contributed by atoms with E-state index in [0.717, 1.165) is 11.0 Å². The molecule has 0 aromatic heterocycles. The summed E-state index contributed by atoms with van der Waals surface area (Å²) < 4.78 is 6.47. The fourth-order valence-corrected chi connectivity index (χ4v) is 2.81. The van der Waals surface area contributed by atoms with E-state index in [4.69, 9.17) is 4.74 Å². The number of halogens is 2. The number of hydrogen-bond donors (Lipinski definition) is 1. The molecule has 5 heteroatoms. The molecular formula is C15H21BrClNO2. The molecular weight excluding hydrogens is 342 g/mol. The van der Waals surface area contributed by atoms with Crippen LogP contribution in [0, 0.1) is 0 Å². The van der Waals surface area contributed by atoms with E-state index in [1.807, 2.05) is 19.1 Å². The summed E-state index contributed by atoms with van der Waals surface area (Å²) in [7, 11) is 0. The highest BCUT2D eigenvalue weighted by molar-refractivity contribution is 9.10. The Labute approximate surface area is 135 Å². The van der Waals surface area contributed by atoms with E-state index >= 15 is 0 Å². The molecule has 0 radical (unpaired) electrons. The molecule has 0 spiro atoms. The molecule has 1 atom stereocenters. The van der Waals surface area contributed by atoms with E-state index in [-0.39, 0.29) is 24.5 Å². The Bertz CT molecular complexity index is 418. The third kappa shape index (κ3) is 5.43. The van der Waals surface area contributed by atoms with Crippen LogP contribution in [0.1, 0.15) is 36.5 Å². The summed E-state index contributed by atoms with van der Waals surface area (Å²) in [5.41, 5.74) is 0.615. The molecule has 20 heavy (non-hydrogen) atoms. The van der Waals surface area contributed by atoms with Crippen LogP contribution in [0.4, 0.5) is 0 Å². The predicted octanol–water partition coefficient (Wildman–Crippen LogP) is -0.933. The van der Waals surface area contributed by atoms with Gasteiger partial charge >= 0.3 is 5.97 Å². The van der Waals surface area contributed by atoms with Gasteiger partial charge in [-0.1, -0.05) is 15.9 Å². The van der Waals surface area contributed by atoms with Crippen LogP contribution in [0.3, 0.4) is 0 Å². The summed E-state index contributed by atoms with van der Waals surface area (Å²) in [6, 6.07) is 7.29. The number of carbonyl (C=O) groups excluding carboxylic acids is 1. The first-order chi connectivity index (χ1) is 9.15. The highest BCUT2D eigenvalue weighted by Crippen LogP contribution is 2.11. The quantitative estimate of drug-likeness (QED) is 0.702. The normalized spacial score (nSPS) is 17.1. The van der Waals surface area contributed by atoms with Gasteiger partial charge < -0.3 is 22.0 Å². The van der Waals surface area contributed by atoms with Crippen molar-refractivity contribution in [2.45, 2.75) is 32.3 Å². The largest absolute Gasteiger partial charge is 1.00 e. The van der Waals surface area contributed by atoms with Gasteiger partial charge in [0.1, 0.15) is 12.6 Å². The second-order valence-corrected chi connectivity index (χ2v) is 6.15. The molecule has 1 unspecified atom stereocenters. The lowest BCUT2D eigenvalue weighted by molar-refractivity contribution is -0.907. The van der Waals surface area contributed by atoms with E-state index in [1.54, 1.807) is 17.0 Å². The fraction of sp³-hybridized carbons (Fsp3) is 0.533. The van der Waals surface area contributed by atoms with E-state index in [1.165, 1.54) is 32.4 Å². The van der Waals surface area contributed by atoms with Gasteiger partial charge in [-0.05, 0) is 50.5 Å². The SMILES string of the molecule is CC(C[NH+]1CCCCC1)OC(=O)c1ccc(Br)cc1.[Cl-]. The van der Waals surface area contributed by atoms with E-state index < -0.39 is 0 Å². The molecule has 1 aliphatic heterocycles. The van der Waals surface area contributed by atoms with Crippen LogP contribution in [-0.2, 0) is 4.74 Å². The highest BCUT2D eigenvalue weighted by atomic mass is 79.9. The van der Waals surface area contributed by atoms with Crippen LogP contribution in [0.15, 0.2) is 28.7 Å². The van der Waals surface area contributed by atoms with Gasteiger partial charge in [-0.3, -0.25) is 0 Å². The number of esters is 1. The van der Waals surface area contributed by atoms with Gasteiger partial charge in [-0.15, -0.1) is 0 Å². The maximum atomic E-state index is 12.0. The van der Waals surface area contributed by atoms with Crippen LogP contribution in [-0.4, -0.2) is 31.7 Å². The number of rotatable bonds is 4.